The minimum atomic E-state index is -0.479. The molecule has 1 aromatic rings. The van der Waals surface area contributed by atoms with E-state index < -0.39 is 11.7 Å². The molecule has 0 spiro atoms. The maximum atomic E-state index is 11.5. The van der Waals surface area contributed by atoms with Crippen LogP contribution in [0, 0.1) is 0 Å². The van der Waals surface area contributed by atoms with Crippen LogP contribution in [0.25, 0.3) is 0 Å². The second-order valence-electron chi connectivity index (χ2n) is 7.22. The van der Waals surface area contributed by atoms with Gasteiger partial charge in [-0.1, -0.05) is 0 Å². The SMILES string of the molecule is CC(C)Oc1ccc(NC(N)=NCCCCNC(=O)OC(C)(C)C)cc1. The van der Waals surface area contributed by atoms with E-state index in [9.17, 15) is 4.79 Å². The molecular formula is C19H32N4O3. The zero-order valence-electron chi connectivity index (χ0n) is 16.5. The van der Waals surface area contributed by atoms with E-state index in [0.717, 1.165) is 24.3 Å². The first-order valence-corrected chi connectivity index (χ1v) is 8.96. The van der Waals surface area contributed by atoms with E-state index in [2.05, 4.69) is 15.6 Å². The zero-order chi connectivity index (χ0) is 19.6. The van der Waals surface area contributed by atoms with Crippen LogP contribution in [0.3, 0.4) is 0 Å². The Morgan fingerprint density at radius 2 is 1.85 bits per heavy atom. The van der Waals surface area contributed by atoms with E-state index in [1.807, 2.05) is 58.9 Å². The first-order valence-electron chi connectivity index (χ1n) is 8.96. The van der Waals surface area contributed by atoms with Crippen LogP contribution in [0.2, 0.25) is 0 Å². The number of nitrogens with one attached hydrogen (secondary N) is 2. The first kappa shape index (κ1) is 21.6. The summed E-state index contributed by atoms with van der Waals surface area (Å²) in [4.78, 5) is 15.8. The molecule has 0 radical (unpaired) electrons. The quantitative estimate of drug-likeness (QED) is 0.372. The van der Waals surface area contributed by atoms with Gasteiger partial charge in [0.05, 0.1) is 6.10 Å². The Morgan fingerprint density at radius 1 is 1.19 bits per heavy atom. The molecule has 4 N–H and O–H groups in total. The van der Waals surface area contributed by atoms with Crippen molar-refractivity contribution in [1.29, 1.82) is 0 Å². The molecule has 1 amide bonds. The summed E-state index contributed by atoms with van der Waals surface area (Å²) in [5.41, 5.74) is 6.25. The van der Waals surface area contributed by atoms with Crippen molar-refractivity contribution in [3.8, 4) is 5.75 Å². The Morgan fingerprint density at radius 3 is 2.42 bits per heavy atom. The molecule has 0 atom stereocenters. The van der Waals surface area contributed by atoms with Crippen LogP contribution in [0.5, 0.6) is 5.75 Å². The first-order chi connectivity index (χ1) is 12.2. The van der Waals surface area contributed by atoms with E-state index >= 15 is 0 Å². The number of rotatable bonds is 8. The predicted octanol–water partition coefficient (Wildman–Crippen LogP) is 3.51. The monoisotopic (exact) mass is 364 g/mol. The molecule has 26 heavy (non-hydrogen) atoms. The minimum absolute atomic E-state index is 0.144. The Hall–Kier alpha value is -2.44. The average molecular weight is 364 g/mol. The lowest BCUT2D eigenvalue weighted by Gasteiger charge is -2.19. The molecule has 146 valence electrons. The molecule has 7 nitrogen and oxygen atoms in total. The molecule has 0 fully saturated rings. The van der Waals surface area contributed by atoms with Gasteiger partial charge in [0.25, 0.3) is 0 Å². The van der Waals surface area contributed by atoms with Crippen LogP contribution >= 0.6 is 0 Å². The third-order valence-electron chi connectivity index (χ3n) is 3.03. The summed E-state index contributed by atoms with van der Waals surface area (Å²) in [5.74, 6) is 1.18. The number of nitrogens with zero attached hydrogens (tertiary/aromatic N) is 1. The molecule has 1 rings (SSSR count). The second-order valence-corrected chi connectivity index (χ2v) is 7.22. The van der Waals surface area contributed by atoms with Crippen molar-refractivity contribution < 1.29 is 14.3 Å². The number of carbonyl (C=O) groups is 1. The number of nitrogens with two attached hydrogens (primary N) is 1. The Balaban J connectivity index is 2.22. The summed E-state index contributed by atoms with van der Waals surface area (Å²) in [6.07, 6.45) is 1.37. The summed E-state index contributed by atoms with van der Waals surface area (Å²) in [6.45, 7) is 10.6. The lowest BCUT2D eigenvalue weighted by Crippen LogP contribution is -2.33. The predicted molar refractivity (Wildman–Crippen MR) is 106 cm³/mol. The summed E-state index contributed by atoms with van der Waals surface area (Å²) in [6, 6.07) is 7.56. The lowest BCUT2D eigenvalue weighted by molar-refractivity contribution is 0.0527. The third-order valence-corrected chi connectivity index (χ3v) is 3.03. The molecule has 0 aliphatic carbocycles. The van der Waals surface area contributed by atoms with E-state index in [-0.39, 0.29) is 6.10 Å². The Bertz CT molecular complexity index is 577. The Kier molecular flexibility index (Phi) is 8.75. The molecule has 0 aliphatic heterocycles. The second kappa shape index (κ2) is 10.5. The van der Waals surface area contributed by atoms with Gasteiger partial charge in [0.2, 0.25) is 0 Å². The van der Waals surface area contributed by atoms with Gasteiger partial charge in [-0.2, -0.15) is 0 Å². The molecule has 0 unspecified atom stereocenters. The van der Waals surface area contributed by atoms with Crippen LogP contribution in [0.15, 0.2) is 29.3 Å². The number of benzene rings is 1. The molecule has 0 saturated heterocycles. The van der Waals surface area contributed by atoms with Gasteiger partial charge in [-0.05, 0) is 71.7 Å². The molecule has 0 aromatic heterocycles. The fourth-order valence-electron chi connectivity index (χ4n) is 2.02. The van der Waals surface area contributed by atoms with E-state index in [1.54, 1.807) is 0 Å². The van der Waals surface area contributed by atoms with Crippen molar-refractivity contribution in [2.45, 2.75) is 59.2 Å². The van der Waals surface area contributed by atoms with Gasteiger partial charge >= 0.3 is 6.09 Å². The standard InChI is InChI=1S/C19H32N4O3/c1-14(2)25-16-10-8-15(9-11-16)23-17(20)21-12-6-7-13-22-18(24)26-19(3,4)5/h8-11,14H,6-7,12-13H2,1-5H3,(H,22,24)(H3,20,21,23). The lowest BCUT2D eigenvalue weighted by atomic mass is 10.2. The maximum absolute atomic E-state index is 11.5. The highest BCUT2D eigenvalue weighted by atomic mass is 16.6. The Labute approximate surface area is 156 Å². The maximum Gasteiger partial charge on any atom is 0.407 e. The average Bonchev–Trinajstić information content (AvgIpc) is 2.50. The van der Waals surface area contributed by atoms with Crippen LogP contribution in [0.1, 0.15) is 47.5 Å². The number of guanidine groups is 1. The van der Waals surface area contributed by atoms with Gasteiger partial charge in [0.1, 0.15) is 11.4 Å². The fraction of sp³-hybridized carbons (Fsp3) is 0.579. The van der Waals surface area contributed by atoms with Gasteiger partial charge in [0, 0.05) is 18.8 Å². The minimum Gasteiger partial charge on any atom is -0.491 e. The molecular weight excluding hydrogens is 332 g/mol. The van der Waals surface area contributed by atoms with Crippen LogP contribution in [-0.4, -0.2) is 36.8 Å². The van der Waals surface area contributed by atoms with E-state index in [1.165, 1.54) is 0 Å². The summed E-state index contributed by atoms with van der Waals surface area (Å²) in [7, 11) is 0. The number of aliphatic imine (C=N–C) groups is 1. The van der Waals surface area contributed by atoms with Gasteiger partial charge in [-0.15, -0.1) is 0 Å². The van der Waals surface area contributed by atoms with Crippen molar-refractivity contribution in [2.75, 3.05) is 18.4 Å². The number of hydrogen-bond donors (Lipinski definition) is 3. The normalized spacial score (nSPS) is 12.0. The van der Waals surface area contributed by atoms with Gasteiger partial charge in [-0.25, -0.2) is 4.79 Å². The number of alkyl carbamates (subject to hydrolysis) is 1. The smallest absolute Gasteiger partial charge is 0.407 e. The van der Waals surface area contributed by atoms with Crippen molar-refractivity contribution in [1.82, 2.24) is 5.32 Å². The summed E-state index contributed by atoms with van der Waals surface area (Å²) >= 11 is 0. The zero-order valence-corrected chi connectivity index (χ0v) is 16.5. The molecule has 7 heteroatoms. The highest BCUT2D eigenvalue weighted by molar-refractivity contribution is 5.92. The van der Waals surface area contributed by atoms with Crippen LogP contribution < -0.4 is 21.1 Å². The van der Waals surface area contributed by atoms with Crippen molar-refractivity contribution in [3.05, 3.63) is 24.3 Å². The van der Waals surface area contributed by atoms with Crippen molar-refractivity contribution in [3.63, 3.8) is 0 Å². The molecule has 0 aliphatic rings. The number of carbonyl (C=O) groups excluding carboxylic acids is 1. The van der Waals surface area contributed by atoms with Crippen molar-refractivity contribution in [2.24, 2.45) is 10.7 Å². The van der Waals surface area contributed by atoms with Crippen molar-refractivity contribution >= 4 is 17.7 Å². The highest BCUT2D eigenvalue weighted by Crippen LogP contribution is 2.16. The number of amides is 1. The van der Waals surface area contributed by atoms with E-state index in [4.69, 9.17) is 15.2 Å². The van der Waals surface area contributed by atoms with Gasteiger partial charge in [0.15, 0.2) is 5.96 Å². The number of hydrogen-bond acceptors (Lipinski definition) is 4. The number of ether oxygens (including phenoxy) is 2. The van der Waals surface area contributed by atoms with Crippen LogP contribution in [-0.2, 0) is 4.74 Å². The topological polar surface area (TPSA) is 98.0 Å². The molecule has 0 bridgehead atoms. The molecule has 0 heterocycles. The largest absolute Gasteiger partial charge is 0.491 e. The molecule has 1 aromatic carbocycles. The summed E-state index contributed by atoms with van der Waals surface area (Å²) in [5, 5.41) is 5.76. The molecule has 0 saturated carbocycles. The van der Waals surface area contributed by atoms with Gasteiger partial charge in [-0.3, -0.25) is 4.99 Å². The number of unbranched alkanes of at least 4 members (excludes halogenated alkanes) is 1. The number of anilines is 1. The van der Waals surface area contributed by atoms with Gasteiger partial charge < -0.3 is 25.8 Å². The fourth-order valence-corrected chi connectivity index (χ4v) is 2.02. The van der Waals surface area contributed by atoms with Crippen LogP contribution in [0.4, 0.5) is 10.5 Å². The summed E-state index contributed by atoms with van der Waals surface area (Å²) < 4.78 is 10.8. The third kappa shape index (κ3) is 10.4. The van der Waals surface area contributed by atoms with E-state index in [0.29, 0.717) is 19.0 Å². The highest BCUT2D eigenvalue weighted by Gasteiger charge is 2.15.